The van der Waals surface area contributed by atoms with Crippen LogP contribution in [0.3, 0.4) is 0 Å². The highest BCUT2D eigenvalue weighted by Crippen LogP contribution is 2.23. The summed E-state index contributed by atoms with van der Waals surface area (Å²) in [4.78, 5) is 15.1. The van der Waals surface area contributed by atoms with Gasteiger partial charge in [0.05, 0.1) is 11.9 Å². The van der Waals surface area contributed by atoms with Gasteiger partial charge in [-0.3, -0.25) is 0 Å². The molecule has 1 aromatic carbocycles. The Morgan fingerprint density at radius 3 is 2.67 bits per heavy atom. The molecule has 0 aliphatic heterocycles. The highest BCUT2D eigenvalue weighted by molar-refractivity contribution is 6.30. The summed E-state index contributed by atoms with van der Waals surface area (Å²) < 4.78 is 1.50. The molecule has 0 amide bonds. The fraction of sp³-hybridized carbons (Fsp3) is 0.133. The number of fused-ring (bicyclic) bond motifs is 1. The van der Waals surface area contributed by atoms with Gasteiger partial charge in [0.25, 0.3) is 0 Å². The topological polar surface area (TPSA) is 67.5 Å². The molecule has 1 N–H and O–H groups in total. The van der Waals surface area contributed by atoms with Gasteiger partial charge in [0.1, 0.15) is 0 Å². The van der Waals surface area contributed by atoms with Crippen LogP contribution in [0.4, 0.5) is 0 Å². The number of carboxylic acid groups (broad SMARTS) is 1. The first-order chi connectivity index (χ1) is 10.1. The van der Waals surface area contributed by atoms with E-state index >= 15 is 0 Å². The van der Waals surface area contributed by atoms with Crippen LogP contribution in [0.25, 0.3) is 16.9 Å². The maximum Gasteiger partial charge on any atom is 0.356 e. The van der Waals surface area contributed by atoms with Crippen LogP contribution in [0.1, 0.15) is 24.3 Å². The number of aromatic nitrogens is 3. The smallest absolute Gasteiger partial charge is 0.356 e. The lowest BCUT2D eigenvalue weighted by Gasteiger charge is -2.02. The van der Waals surface area contributed by atoms with Gasteiger partial charge < -0.3 is 5.11 Å². The van der Waals surface area contributed by atoms with E-state index in [-0.39, 0.29) is 5.69 Å². The maximum atomic E-state index is 11.0. The Morgan fingerprint density at radius 2 is 2.00 bits per heavy atom. The zero-order chi connectivity index (χ0) is 15.4. The van der Waals surface area contributed by atoms with Crippen LogP contribution >= 0.6 is 11.6 Å². The molecule has 0 spiro atoms. The number of rotatable bonds is 2. The summed E-state index contributed by atoms with van der Waals surface area (Å²) in [5.41, 5.74) is 2.07. The van der Waals surface area contributed by atoms with Gasteiger partial charge in [-0.15, -0.1) is 0 Å². The van der Waals surface area contributed by atoms with Crippen molar-refractivity contribution in [3.63, 3.8) is 0 Å². The average Bonchev–Trinajstić information content (AvgIpc) is 2.92. The molecule has 3 aromatic rings. The number of imidazole rings is 1. The zero-order valence-electron chi connectivity index (χ0n) is 11.6. The molecule has 0 saturated heterocycles. The minimum atomic E-state index is -1.08. The van der Waals surface area contributed by atoms with Gasteiger partial charge in [0, 0.05) is 10.6 Å². The summed E-state index contributed by atoms with van der Waals surface area (Å²) in [5, 5.41) is 13.6. The van der Waals surface area contributed by atoms with Crippen LogP contribution < -0.4 is 0 Å². The van der Waals surface area contributed by atoms with Crippen molar-refractivity contribution in [2.45, 2.75) is 13.8 Å². The Labute approximate surface area is 126 Å². The summed E-state index contributed by atoms with van der Waals surface area (Å²) in [6.07, 6.45) is 1.64. The fourth-order valence-electron chi connectivity index (χ4n) is 1.83. The van der Waals surface area contributed by atoms with Gasteiger partial charge in [-0.2, -0.15) is 5.10 Å². The number of carboxylic acids is 1. The van der Waals surface area contributed by atoms with Crippen molar-refractivity contribution in [3.05, 3.63) is 53.3 Å². The third kappa shape index (κ3) is 3.03. The summed E-state index contributed by atoms with van der Waals surface area (Å²) in [5.74, 6) is -1.08. The second kappa shape index (κ2) is 6.37. The number of benzene rings is 1. The average molecular weight is 304 g/mol. The van der Waals surface area contributed by atoms with Gasteiger partial charge in [-0.05, 0) is 24.3 Å². The normalized spacial score (nSPS) is 10.0. The molecule has 3 rings (SSSR count). The van der Waals surface area contributed by atoms with Gasteiger partial charge >= 0.3 is 5.97 Å². The molecule has 2 heterocycles. The minimum absolute atomic E-state index is 0.0335. The summed E-state index contributed by atoms with van der Waals surface area (Å²) in [7, 11) is 0. The Morgan fingerprint density at radius 1 is 1.24 bits per heavy atom. The van der Waals surface area contributed by atoms with E-state index in [0.717, 1.165) is 5.56 Å². The highest BCUT2D eigenvalue weighted by Gasteiger charge is 2.11. The number of hydrogen-bond acceptors (Lipinski definition) is 3. The van der Waals surface area contributed by atoms with E-state index in [1.165, 1.54) is 10.6 Å². The Kier molecular flexibility index (Phi) is 4.55. The molecule has 0 unspecified atom stereocenters. The lowest BCUT2D eigenvalue weighted by molar-refractivity contribution is 0.0689. The van der Waals surface area contributed by atoms with E-state index in [1.807, 2.05) is 26.0 Å². The third-order valence-corrected chi connectivity index (χ3v) is 2.94. The van der Waals surface area contributed by atoms with E-state index in [9.17, 15) is 4.79 Å². The predicted molar refractivity (Wildman–Crippen MR) is 81.7 cm³/mol. The van der Waals surface area contributed by atoms with Gasteiger partial charge in [-0.1, -0.05) is 37.6 Å². The highest BCUT2D eigenvalue weighted by atomic mass is 35.5. The van der Waals surface area contributed by atoms with Crippen LogP contribution in [0.2, 0.25) is 5.02 Å². The van der Waals surface area contributed by atoms with Crippen LogP contribution in [0.5, 0.6) is 0 Å². The standard InChI is InChI=1S/C13H8ClN3O2.C2H6/c14-9-3-1-2-8(6-9)11-7-15-12-5-4-10(13(18)19)16-17(11)12;1-2/h1-7H,(H,18,19);1-2H3. The van der Waals surface area contributed by atoms with E-state index in [2.05, 4.69) is 10.1 Å². The van der Waals surface area contributed by atoms with Gasteiger partial charge in [0.15, 0.2) is 11.3 Å². The molecule has 5 nitrogen and oxygen atoms in total. The van der Waals surface area contributed by atoms with Crippen LogP contribution in [-0.4, -0.2) is 25.7 Å². The van der Waals surface area contributed by atoms with Crippen molar-refractivity contribution in [2.75, 3.05) is 0 Å². The maximum absolute atomic E-state index is 11.0. The number of carbonyl (C=O) groups is 1. The van der Waals surface area contributed by atoms with Crippen molar-refractivity contribution < 1.29 is 9.90 Å². The second-order valence-electron chi connectivity index (χ2n) is 3.95. The Bertz CT molecular complexity index is 783. The van der Waals surface area contributed by atoms with Crippen LogP contribution in [-0.2, 0) is 0 Å². The van der Waals surface area contributed by atoms with E-state index in [1.54, 1.807) is 24.4 Å². The Balaban J connectivity index is 0.000000774. The zero-order valence-corrected chi connectivity index (χ0v) is 12.4. The van der Waals surface area contributed by atoms with Gasteiger partial charge in [-0.25, -0.2) is 14.3 Å². The quantitative estimate of drug-likeness (QED) is 0.782. The molecule has 108 valence electrons. The number of hydrogen-bond donors (Lipinski definition) is 1. The molecule has 6 heteroatoms. The Hall–Kier alpha value is -2.40. The predicted octanol–water partition coefficient (Wildman–Crippen LogP) is 3.77. The molecular formula is C15H14ClN3O2. The molecule has 0 atom stereocenters. The van der Waals surface area contributed by atoms with E-state index in [0.29, 0.717) is 16.4 Å². The number of nitrogens with zero attached hydrogens (tertiary/aromatic N) is 3. The van der Waals surface area contributed by atoms with Crippen molar-refractivity contribution in [2.24, 2.45) is 0 Å². The first kappa shape index (κ1) is 15.0. The fourth-order valence-corrected chi connectivity index (χ4v) is 2.02. The van der Waals surface area contributed by atoms with Crippen LogP contribution in [0.15, 0.2) is 42.6 Å². The molecule has 0 saturated carbocycles. The van der Waals surface area contributed by atoms with Crippen molar-refractivity contribution in [1.29, 1.82) is 0 Å². The molecule has 2 aromatic heterocycles. The van der Waals surface area contributed by atoms with E-state index in [4.69, 9.17) is 16.7 Å². The SMILES string of the molecule is CC.O=C(O)c1ccc2ncc(-c3cccc(Cl)c3)n2n1. The molecule has 0 bridgehead atoms. The molecular weight excluding hydrogens is 290 g/mol. The summed E-state index contributed by atoms with van der Waals surface area (Å²) >= 11 is 5.95. The summed E-state index contributed by atoms with van der Waals surface area (Å²) in [6, 6.07) is 10.3. The van der Waals surface area contributed by atoms with Crippen molar-refractivity contribution >= 4 is 23.2 Å². The van der Waals surface area contributed by atoms with E-state index < -0.39 is 5.97 Å². The molecule has 0 fully saturated rings. The molecule has 21 heavy (non-hydrogen) atoms. The molecule has 0 aliphatic carbocycles. The minimum Gasteiger partial charge on any atom is -0.476 e. The second-order valence-corrected chi connectivity index (χ2v) is 4.38. The largest absolute Gasteiger partial charge is 0.476 e. The number of aromatic carboxylic acids is 1. The molecule has 0 aliphatic rings. The third-order valence-electron chi connectivity index (χ3n) is 2.70. The monoisotopic (exact) mass is 303 g/mol. The lowest BCUT2D eigenvalue weighted by Crippen LogP contribution is -2.05. The lowest BCUT2D eigenvalue weighted by atomic mass is 10.2. The first-order valence-corrected chi connectivity index (χ1v) is 6.87. The van der Waals surface area contributed by atoms with Crippen molar-refractivity contribution in [1.82, 2.24) is 14.6 Å². The summed E-state index contributed by atoms with van der Waals surface area (Å²) in [6.45, 7) is 4.00. The first-order valence-electron chi connectivity index (χ1n) is 6.49. The van der Waals surface area contributed by atoms with Crippen LogP contribution in [0, 0.1) is 0 Å². The van der Waals surface area contributed by atoms with Gasteiger partial charge in [0.2, 0.25) is 0 Å². The number of halogens is 1. The molecule has 0 radical (unpaired) electrons. The van der Waals surface area contributed by atoms with Crippen molar-refractivity contribution in [3.8, 4) is 11.3 Å².